The van der Waals surface area contributed by atoms with Gasteiger partial charge in [-0.2, -0.15) is 0 Å². The predicted molar refractivity (Wildman–Crippen MR) is 136 cm³/mol. The zero-order valence-electron chi connectivity index (χ0n) is 21.5. The number of alkyl halides is 2. The van der Waals surface area contributed by atoms with Crippen LogP contribution in [0, 0.1) is 22.9 Å². The van der Waals surface area contributed by atoms with Gasteiger partial charge in [0.15, 0.2) is 0 Å². The molecule has 0 amide bonds. The van der Waals surface area contributed by atoms with E-state index < -0.39 is 35.7 Å². The van der Waals surface area contributed by atoms with Gasteiger partial charge in [-0.1, -0.05) is 0 Å². The van der Waals surface area contributed by atoms with Crippen molar-refractivity contribution in [2.24, 2.45) is 5.41 Å². The van der Waals surface area contributed by atoms with E-state index in [9.17, 15) is 22.7 Å². The average molecular weight is 537 g/mol. The number of pyridine rings is 1. The number of fused-ring (bicyclic) bond motifs is 1. The lowest BCUT2D eigenvalue weighted by Gasteiger charge is -2.41. The smallest absolute Gasteiger partial charge is 0.132 e. The van der Waals surface area contributed by atoms with Gasteiger partial charge < -0.3 is 14.7 Å². The zero-order chi connectivity index (χ0) is 27.3. The normalized spacial score (nSPS) is 16.6. The van der Waals surface area contributed by atoms with Crippen LogP contribution in [0.25, 0.3) is 10.9 Å². The van der Waals surface area contributed by atoms with Gasteiger partial charge in [0.1, 0.15) is 36.0 Å². The largest absolute Gasteiger partial charge is 0.497 e. The Hall–Kier alpha value is -2.78. The van der Waals surface area contributed by atoms with E-state index in [0.717, 1.165) is 0 Å². The first-order chi connectivity index (χ1) is 18.3. The molecule has 1 aliphatic rings. The molecule has 0 radical (unpaired) electrons. The molecular formula is C29H33F5N2O2. The van der Waals surface area contributed by atoms with Gasteiger partial charge in [-0.05, 0) is 81.8 Å². The van der Waals surface area contributed by atoms with Crippen LogP contribution in [0.3, 0.4) is 0 Å². The SMILES string of the molecule is COc1ccc2ncc(CF)c(C(F)CCC3(CO)CCN(CCCc4c(F)cc(F)cc4F)CC3)c2c1. The molecule has 9 heteroatoms. The highest BCUT2D eigenvalue weighted by Gasteiger charge is 2.35. The molecular weight excluding hydrogens is 503 g/mol. The van der Waals surface area contributed by atoms with E-state index in [-0.39, 0.29) is 36.1 Å². The number of hydrogen-bond acceptors (Lipinski definition) is 4. The molecule has 0 aliphatic carbocycles. The van der Waals surface area contributed by atoms with Crippen LogP contribution >= 0.6 is 0 Å². The minimum absolute atomic E-state index is 0.0829. The van der Waals surface area contributed by atoms with E-state index in [1.165, 1.54) is 13.3 Å². The van der Waals surface area contributed by atoms with Crippen molar-refractivity contribution < 1.29 is 31.8 Å². The number of piperidine rings is 1. The highest BCUT2D eigenvalue weighted by molar-refractivity contribution is 5.85. The fraction of sp³-hybridized carbons (Fsp3) is 0.483. The van der Waals surface area contributed by atoms with Crippen molar-refractivity contribution in [1.82, 2.24) is 9.88 Å². The molecule has 1 fully saturated rings. The Balaban J connectivity index is 1.35. The molecule has 0 saturated carbocycles. The van der Waals surface area contributed by atoms with Gasteiger partial charge in [-0.3, -0.25) is 4.98 Å². The highest BCUT2D eigenvalue weighted by Crippen LogP contribution is 2.41. The van der Waals surface area contributed by atoms with E-state index in [1.54, 1.807) is 18.2 Å². The Morgan fingerprint density at radius 2 is 1.82 bits per heavy atom. The summed E-state index contributed by atoms with van der Waals surface area (Å²) in [7, 11) is 1.51. The van der Waals surface area contributed by atoms with Crippen LogP contribution in [0.15, 0.2) is 36.5 Å². The number of nitrogens with zero attached hydrogens (tertiary/aromatic N) is 2. The van der Waals surface area contributed by atoms with E-state index in [4.69, 9.17) is 4.74 Å². The summed E-state index contributed by atoms with van der Waals surface area (Å²) in [5.74, 6) is -2.16. The van der Waals surface area contributed by atoms with E-state index in [2.05, 4.69) is 9.88 Å². The average Bonchev–Trinajstić information content (AvgIpc) is 2.92. The molecule has 1 saturated heterocycles. The molecule has 0 spiro atoms. The first-order valence-corrected chi connectivity index (χ1v) is 12.9. The van der Waals surface area contributed by atoms with Gasteiger partial charge in [0.25, 0.3) is 0 Å². The first-order valence-electron chi connectivity index (χ1n) is 12.9. The van der Waals surface area contributed by atoms with Crippen LogP contribution in [0.4, 0.5) is 22.0 Å². The monoisotopic (exact) mass is 536 g/mol. The Morgan fingerprint density at radius 3 is 2.45 bits per heavy atom. The van der Waals surface area contributed by atoms with Crippen LogP contribution < -0.4 is 4.74 Å². The second-order valence-corrected chi connectivity index (χ2v) is 10.2. The van der Waals surface area contributed by atoms with Crippen LogP contribution in [0.2, 0.25) is 0 Å². The molecule has 1 atom stereocenters. The van der Waals surface area contributed by atoms with Crippen molar-refractivity contribution in [2.45, 2.75) is 51.4 Å². The van der Waals surface area contributed by atoms with Crippen LogP contribution in [-0.2, 0) is 13.1 Å². The number of halogens is 5. The Labute approximate surface area is 219 Å². The number of ether oxygens (including phenoxy) is 1. The summed E-state index contributed by atoms with van der Waals surface area (Å²) in [4.78, 5) is 6.41. The maximum atomic E-state index is 15.7. The van der Waals surface area contributed by atoms with Gasteiger partial charge >= 0.3 is 0 Å². The number of hydrogen-bond donors (Lipinski definition) is 1. The van der Waals surface area contributed by atoms with E-state index in [0.29, 0.717) is 74.1 Å². The van der Waals surface area contributed by atoms with Crippen molar-refractivity contribution in [2.75, 3.05) is 33.4 Å². The summed E-state index contributed by atoms with van der Waals surface area (Å²) in [6.45, 7) is 1.02. The molecule has 1 N–H and O–H groups in total. The van der Waals surface area contributed by atoms with Crippen molar-refractivity contribution in [3.05, 3.63) is 70.7 Å². The zero-order valence-corrected chi connectivity index (χ0v) is 21.5. The fourth-order valence-corrected chi connectivity index (χ4v) is 5.44. The number of aliphatic hydroxyl groups excluding tert-OH is 1. The van der Waals surface area contributed by atoms with Gasteiger partial charge in [0, 0.05) is 47.0 Å². The maximum Gasteiger partial charge on any atom is 0.132 e. The first kappa shape index (κ1) is 28.2. The van der Waals surface area contributed by atoms with Crippen LogP contribution in [0.5, 0.6) is 5.75 Å². The summed E-state index contributed by atoms with van der Waals surface area (Å²) in [6.07, 6.45) is 2.47. The molecule has 0 bridgehead atoms. The third kappa shape index (κ3) is 6.26. The number of aliphatic hydroxyl groups is 1. The van der Waals surface area contributed by atoms with E-state index in [1.807, 2.05) is 0 Å². The molecule has 2 aromatic carbocycles. The second kappa shape index (κ2) is 12.4. The van der Waals surface area contributed by atoms with Crippen molar-refractivity contribution >= 4 is 10.9 Å². The summed E-state index contributed by atoms with van der Waals surface area (Å²) >= 11 is 0. The lowest BCUT2D eigenvalue weighted by Crippen LogP contribution is -2.42. The number of rotatable bonds is 11. The molecule has 4 rings (SSSR count). The molecule has 206 valence electrons. The quantitative estimate of drug-likeness (QED) is 0.280. The Kier molecular flexibility index (Phi) is 9.20. The van der Waals surface area contributed by atoms with E-state index >= 15 is 4.39 Å². The molecule has 3 aromatic rings. The summed E-state index contributed by atoms with van der Waals surface area (Å²) in [6, 6.07) is 6.50. The van der Waals surface area contributed by atoms with Crippen LogP contribution in [0.1, 0.15) is 55.0 Å². The molecule has 4 nitrogen and oxygen atoms in total. The number of benzene rings is 2. The van der Waals surface area contributed by atoms with Gasteiger partial charge in [0.2, 0.25) is 0 Å². The van der Waals surface area contributed by atoms with Gasteiger partial charge in [-0.15, -0.1) is 0 Å². The molecule has 2 heterocycles. The minimum atomic E-state index is -1.43. The minimum Gasteiger partial charge on any atom is -0.497 e. The lowest BCUT2D eigenvalue weighted by atomic mass is 9.74. The van der Waals surface area contributed by atoms with Crippen molar-refractivity contribution in [3.8, 4) is 5.75 Å². The standard InChI is InChI=1S/C29H33F5N2O2/c1-38-21-4-5-27-23(15-21)28(19(16-30)17-35-27)24(32)6-7-29(18-37)8-11-36(12-9-29)10-2-3-22-25(33)13-20(31)14-26(22)34/h4-5,13-15,17,24,37H,2-3,6-12,16,18H2,1H3. The molecule has 1 aromatic heterocycles. The van der Waals surface area contributed by atoms with Crippen molar-refractivity contribution in [1.29, 1.82) is 0 Å². The third-order valence-electron chi connectivity index (χ3n) is 7.84. The lowest BCUT2D eigenvalue weighted by molar-refractivity contribution is 0.0299. The number of likely N-dealkylation sites (tertiary alicyclic amines) is 1. The summed E-state index contributed by atoms with van der Waals surface area (Å²) < 4.78 is 75.6. The van der Waals surface area contributed by atoms with Crippen LogP contribution in [-0.4, -0.2) is 48.3 Å². The molecule has 1 unspecified atom stereocenters. The van der Waals surface area contributed by atoms with Crippen molar-refractivity contribution in [3.63, 3.8) is 0 Å². The van der Waals surface area contributed by atoms with Gasteiger partial charge in [0.05, 0.1) is 12.6 Å². The summed E-state index contributed by atoms with van der Waals surface area (Å²) in [5.41, 5.74) is 0.483. The Bertz CT molecular complexity index is 1220. The molecule has 38 heavy (non-hydrogen) atoms. The predicted octanol–water partition coefficient (Wildman–Crippen LogP) is 6.63. The number of aromatic nitrogens is 1. The highest BCUT2D eigenvalue weighted by atomic mass is 19.2. The Morgan fingerprint density at radius 1 is 1.11 bits per heavy atom. The third-order valence-corrected chi connectivity index (χ3v) is 7.84. The number of methoxy groups -OCH3 is 1. The van der Waals surface area contributed by atoms with Gasteiger partial charge in [-0.25, -0.2) is 22.0 Å². The maximum absolute atomic E-state index is 15.7. The fourth-order valence-electron chi connectivity index (χ4n) is 5.44. The molecule has 1 aliphatic heterocycles. The second-order valence-electron chi connectivity index (χ2n) is 10.2. The summed E-state index contributed by atoms with van der Waals surface area (Å²) in [5, 5.41) is 10.7. The topological polar surface area (TPSA) is 45.6 Å².